The van der Waals surface area contributed by atoms with Gasteiger partial charge in [-0.25, -0.2) is 8.42 Å². The third-order valence-electron chi connectivity index (χ3n) is 5.53. The minimum absolute atomic E-state index is 0.00522. The van der Waals surface area contributed by atoms with Gasteiger partial charge in [-0.2, -0.15) is 13.2 Å². The van der Waals surface area contributed by atoms with Gasteiger partial charge in [0.15, 0.2) is 5.78 Å². The molecule has 0 saturated heterocycles. The molecule has 31 heavy (non-hydrogen) atoms. The molecule has 0 aliphatic heterocycles. The molecule has 1 aromatic carbocycles. The molecule has 10 heteroatoms. The van der Waals surface area contributed by atoms with Crippen LogP contribution in [-0.2, 0) is 9.84 Å². The lowest BCUT2D eigenvalue weighted by atomic mass is 10.0. The fourth-order valence-electron chi connectivity index (χ4n) is 2.72. The first-order valence-electron chi connectivity index (χ1n) is 9.43. The quantitative estimate of drug-likeness (QED) is 0.464. The van der Waals surface area contributed by atoms with Crippen molar-refractivity contribution in [2.24, 2.45) is 0 Å². The summed E-state index contributed by atoms with van der Waals surface area (Å²) >= 11 is 1.03. The molecule has 1 heterocycles. The molecule has 0 fully saturated rings. The van der Waals surface area contributed by atoms with Crippen molar-refractivity contribution < 1.29 is 30.8 Å². The Morgan fingerprint density at radius 3 is 2.39 bits per heavy atom. The molecule has 0 atom stereocenters. The minimum Gasteiger partial charge on any atom is -0.543 e. The van der Waals surface area contributed by atoms with Gasteiger partial charge < -0.3 is 4.43 Å². The first-order valence-corrected chi connectivity index (χ1v) is 14.6. The van der Waals surface area contributed by atoms with Crippen LogP contribution in [0.5, 0.6) is 5.75 Å². The van der Waals surface area contributed by atoms with Gasteiger partial charge in [0.1, 0.15) is 5.75 Å². The Hall–Kier alpha value is -1.91. The highest BCUT2D eigenvalue weighted by molar-refractivity contribution is 7.96. The number of hydrogen-bond donors (Lipinski definition) is 0. The van der Waals surface area contributed by atoms with E-state index in [0.717, 1.165) is 17.4 Å². The van der Waals surface area contributed by atoms with Crippen molar-refractivity contribution in [1.82, 2.24) is 0 Å². The van der Waals surface area contributed by atoms with E-state index in [9.17, 15) is 26.4 Å². The summed E-state index contributed by atoms with van der Waals surface area (Å²) in [6.07, 6.45) is 0.107. The normalized spacial score (nSPS) is 15.5. The van der Waals surface area contributed by atoms with Crippen LogP contribution in [-0.4, -0.2) is 28.0 Å². The molecule has 1 aliphatic rings. The predicted molar refractivity (Wildman–Crippen MR) is 118 cm³/mol. The molecule has 1 aliphatic carbocycles. The highest BCUT2D eigenvalue weighted by atomic mass is 32.2. The zero-order valence-electron chi connectivity index (χ0n) is 17.7. The number of thiophene rings is 1. The van der Waals surface area contributed by atoms with Crippen LogP contribution >= 0.6 is 11.3 Å². The summed E-state index contributed by atoms with van der Waals surface area (Å²) in [5.41, 5.74) is -4.65. The zero-order chi connectivity index (χ0) is 23.4. The fourth-order valence-corrected chi connectivity index (χ4v) is 5.79. The number of ketones is 1. The summed E-state index contributed by atoms with van der Waals surface area (Å²) in [4.78, 5) is 12.1. The summed E-state index contributed by atoms with van der Waals surface area (Å²) in [5, 5.41) is -0.00522. The Morgan fingerprint density at radius 2 is 1.81 bits per heavy atom. The molecule has 1 radical (unpaired) electrons. The third kappa shape index (κ3) is 4.51. The van der Waals surface area contributed by atoms with Gasteiger partial charge in [0.05, 0.1) is 4.91 Å². The van der Waals surface area contributed by atoms with Crippen molar-refractivity contribution in [2.45, 2.75) is 50.8 Å². The lowest BCUT2D eigenvalue weighted by Gasteiger charge is -2.36. The molecule has 1 aromatic heterocycles. The van der Waals surface area contributed by atoms with E-state index in [1.165, 1.54) is 0 Å². The third-order valence-corrected chi connectivity index (χ3v) is 12.5. The lowest BCUT2D eigenvalue weighted by molar-refractivity contribution is -0.0426. The zero-order valence-corrected chi connectivity index (χ0v) is 20.3. The van der Waals surface area contributed by atoms with Gasteiger partial charge >= 0.3 is 5.51 Å². The number of carbonyl (C=O) groups is 1. The number of fused-ring (bicyclic) bond motifs is 1. The van der Waals surface area contributed by atoms with Crippen LogP contribution < -0.4 is 4.43 Å². The van der Waals surface area contributed by atoms with E-state index in [2.05, 4.69) is 39.9 Å². The molecule has 0 bridgehead atoms. The first-order chi connectivity index (χ1) is 14.0. The minimum atomic E-state index is -5.55. The SMILES string of the molecule is CC(C)(C)[Si](C)(C)Oc1cccc(-c2[c]c3c(s2)C=C(S(=O)(=O)C(F)(F)F)CC3=O)c1. The summed E-state index contributed by atoms with van der Waals surface area (Å²) in [5.74, 6) is -0.0393. The van der Waals surface area contributed by atoms with E-state index in [-0.39, 0.29) is 15.5 Å². The van der Waals surface area contributed by atoms with Crippen molar-refractivity contribution in [3.05, 3.63) is 45.7 Å². The van der Waals surface area contributed by atoms with Gasteiger partial charge in [-0.3, -0.25) is 4.79 Å². The summed E-state index contributed by atoms with van der Waals surface area (Å²) in [6, 6.07) is 10.1. The molecule has 2 aromatic rings. The monoisotopic (exact) mass is 487 g/mol. The summed E-state index contributed by atoms with van der Waals surface area (Å²) < 4.78 is 68.5. The smallest absolute Gasteiger partial charge is 0.501 e. The molecule has 0 N–H and O–H groups in total. The second kappa shape index (κ2) is 7.60. The van der Waals surface area contributed by atoms with Gasteiger partial charge in [-0.1, -0.05) is 32.9 Å². The molecule has 0 unspecified atom stereocenters. The number of alkyl halides is 3. The number of carbonyl (C=O) groups excluding carboxylic acids is 1. The standard InChI is InChI=1S/C21H22F3O4S2Si/c1-20(2,3)31(4,5)28-14-8-6-7-13(9-14)18-12-16-17(25)10-15(11-19(16)29-18)30(26,27)21(22,23)24/h6-9,11H,10H2,1-5H3. The number of Topliss-reactive ketones (excluding diaryl/α,β-unsaturated/α-hetero) is 1. The van der Waals surface area contributed by atoms with Crippen LogP contribution in [0.3, 0.4) is 0 Å². The molecule has 3 rings (SSSR count). The Balaban J connectivity index is 1.99. The van der Waals surface area contributed by atoms with Crippen LogP contribution in [0.1, 0.15) is 42.4 Å². The van der Waals surface area contributed by atoms with Gasteiger partial charge in [0, 0.05) is 27.8 Å². The second-order valence-corrected chi connectivity index (χ2v) is 16.6. The number of rotatable bonds is 4. The number of allylic oxidation sites excluding steroid dienone is 1. The Bertz CT molecular complexity index is 1170. The maximum Gasteiger partial charge on any atom is 0.501 e. The average molecular weight is 488 g/mol. The summed E-state index contributed by atoms with van der Waals surface area (Å²) in [7, 11) is -7.64. The molecular weight excluding hydrogens is 465 g/mol. The largest absolute Gasteiger partial charge is 0.543 e. The van der Waals surface area contributed by atoms with Crippen LogP contribution in [0, 0.1) is 6.07 Å². The predicted octanol–water partition coefficient (Wildman–Crippen LogP) is 6.46. The van der Waals surface area contributed by atoms with E-state index < -0.39 is 40.8 Å². The van der Waals surface area contributed by atoms with E-state index in [1.54, 1.807) is 18.2 Å². The first kappa shape index (κ1) is 23.7. The molecular formula is C21H22F3O4S2Si. The topological polar surface area (TPSA) is 60.4 Å². The Kier molecular flexibility index (Phi) is 5.82. The molecule has 167 valence electrons. The highest BCUT2D eigenvalue weighted by Crippen LogP contribution is 2.42. The highest BCUT2D eigenvalue weighted by Gasteiger charge is 2.49. The number of sulfone groups is 1. The maximum atomic E-state index is 12.9. The Morgan fingerprint density at radius 1 is 1.16 bits per heavy atom. The van der Waals surface area contributed by atoms with E-state index in [0.29, 0.717) is 16.2 Å². The molecule has 0 spiro atoms. The van der Waals surface area contributed by atoms with Gasteiger partial charge in [0.2, 0.25) is 8.32 Å². The van der Waals surface area contributed by atoms with Crippen LogP contribution in [0.4, 0.5) is 13.2 Å². The lowest BCUT2D eigenvalue weighted by Crippen LogP contribution is -2.43. The average Bonchev–Trinajstić information content (AvgIpc) is 3.04. The van der Waals surface area contributed by atoms with Gasteiger partial charge in [-0.15, -0.1) is 11.3 Å². The Labute approximate surface area is 184 Å². The van der Waals surface area contributed by atoms with Crippen molar-refractivity contribution in [3.63, 3.8) is 0 Å². The summed E-state index contributed by atoms with van der Waals surface area (Å²) in [6.45, 7) is 10.6. The van der Waals surface area contributed by atoms with Crippen molar-refractivity contribution in [2.75, 3.05) is 0 Å². The fraction of sp³-hybridized carbons (Fsp3) is 0.381. The van der Waals surface area contributed by atoms with E-state index >= 15 is 0 Å². The van der Waals surface area contributed by atoms with Gasteiger partial charge in [0.25, 0.3) is 9.84 Å². The van der Waals surface area contributed by atoms with E-state index in [1.807, 2.05) is 6.07 Å². The maximum absolute atomic E-state index is 12.9. The van der Waals surface area contributed by atoms with Gasteiger partial charge in [-0.05, 0) is 41.9 Å². The van der Waals surface area contributed by atoms with Crippen molar-refractivity contribution in [3.8, 4) is 16.2 Å². The molecule has 0 saturated carbocycles. The number of benzene rings is 1. The van der Waals surface area contributed by atoms with Crippen LogP contribution in [0.25, 0.3) is 16.5 Å². The number of hydrogen-bond acceptors (Lipinski definition) is 5. The van der Waals surface area contributed by atoms with Crippen molar-refractivity contribution >= 4 is 41.4 Å². The second-order valence-electron chi connectivity index (χ2n) is 8.85. The molecule has 4 nitrogen and oxygen atoms in total. The molecule has 0 amide bonds. The van der Waals surface area contributed by atoms with Crippen LogP contribution in [0.2, 0.25) is 18.1 Å². The van der Waals surface area contributed by atoms with Crippen LogP contribution in [0.15, 0.2) is 29.2 Å². The number of halogens is 3. The van der Waals surface area contributed by atoms with E-state index in [4.69, 9.17) is 4.43 Å². The van der Waals surface area contributed by atoms with Crippen molar-refractivity contribution in [1.29, 1.82) is 0 Å².